The Bertz CT molecular complexity index is 639. The summed E-state index contributed by atoms with van der Waals surface area (Å²) in [6, 6.07) is 3.76. The molecule has 1 fully saturated rings. The van der Waals surface area contributed by atoms with Crippen LogP contribution in [0.25, 0.3) is 0 Å². The van der Waals surface area contributed by atoms with Gasteiger partial charge in [0.2, 0.25) is 10.0 Å². The largest absolute Gasteiger partial charge is 0.478 e. The van der Waals surface area contributed by atoms with Crippen molar-refractivity contribution >= 4 is 31.9 Å². The number of sulfonamides is 1. The Hall–Kier alpha value is -0.960. The van der Waals surface area contributed by atoms with E-state index in [0.717, 1.165) is 12.5 Å². The van der Waals surface area contributed by atoms with Crippen LogP contribution in [0.5, 0.6) is 0 Å². The van der Waals surface area contributed by atoms with Crippen molar-refractivity contribution in [2.75, 3.05) is 6.54 Å². The molecule has 0 spiro atoms. The zero-order valence-corrected chi connectivity index (χ0v) is 12.9. The van der Waals surface area contributed by atoms with Crippen LogP contribution in [0, 0.1) is 0 Å². The molecule has 0 atom stereocenters. The zero-order chi connectivity index (χ0) is 15.0. The maximum absolute atomic E-state index is 12.1. The number of aromatic carboxylic acids is 1. The molecule has 1 saturated carbocycles. The summed E-state index contributed by atoms with van der Waals surface area (Å²) in [6.07, 6.45) is 2.01. The number of rotatable bonds is 5. The van der Waals surface area contributed by atoms with E-state index in [1.165, 1.54) is 12.1 Å². The highest BCUT2D eigenvalue weighted by atomic mass is 79.9. The number of carbonyl (C=O) groups is 1. The van der Waals surface area contributed by atoms with E-state index in [1.807, 2.05) is 0 Å². The zero-order valence-electron chi connectivity index (χ0n) is 10.5. The number of hydrogen-bond donors (Lipinski definition) is 3. The summed E-state index contributed by atoms with van der Waals surface area (Å²) in [5.74, 6) is -1.22. The van der Waals surface area contributed by atoms with Crippen molar-refractivity contribution in [2.24, 2.45) is 0 Å². The molecule has 0 amide bonds. The molecular weight excluding hydrogens is 350 g/mol. The van der Waals surface area contributed by atoms with Gasteiger partial charge in [0.1, 0.15) is 0 Å². The second-order valence-electron chi connectivity index (χ2n) is 4.85. The minimum atomic E-state index is -3.84. The van der Waals surface area contributed by atoms with Gasteiger partial charge >= 0.3 is 5.97 Å². The van der Waals surface area contributed by atoms with Crippen LogP contribution in [0.1, 0.15) is 29.6 Å². The van der Waals surface area contributed by atoms with Gasteiger partial charge in [-0.3, -0.25) is 0 Å². The summed E-state index contributed by atoms with van der Waals surface area (Å²) < 4.78 is 26.8. The van der Waals surface area contributed by atoms with Gasteiger partial charge in [-0.05, 0) is 53.4 Å². The lowest BCUT2D eigenvalue weighted by molar-refractivity contribution is -0.0271. The Balaban J connectivity index is 2.21. The topological polar surface area (TPSA) is 104 Å². The molecule has 0 unspecified atom stereocenters. The van der Waals surface area contributed by atoms with Crippen molar-refractivity contribution in [3.63, 3.8) is 0 Å². The second kappa shape index (κ2) is 5.44. The van der Waals surface area contributed by atoms with Crippen molar-refractivity contribution in [3.8, 4) is 0 Å². The standard InChI is InChI=1S/C12H14BrNO5S/c13-10-3-2-8(6-9(10)11(15)16)20(18,19)14-7-12(17)4-1-5-12/h2-3,6,14,17H,1,4-5,7H2,(H,15,16). The highest BCUT2D eigenvalue weighted by Gasteiger charge is 2.35. The van der Waals surface area contributed by atoms with Crippen molar-refractivity contribution in [3.05, 3.63) is 28.2 Å². The van der Waals surface area contributed by atoms with Crippen LogP contribution in [0.3, 0.4) is 0 Å². The lowest BCUT2D eigenvalue weighted by Gasteiger charge is -2.36. The predicted octanol–water partition coefficient (Wildman–Crippen LogP) is 1.34. The van der Waals surface area contributed by atoms with Crippen molar-refractivity contribution in [1.29, 1.82) is 0 Å². The molecule has 8 heteroatoms. The predicted molar refractivity (Wildman–Crippen MR) is 75.1 cm³/mol. The summed E-state index contributed by atoms with van der Waals surface area (Å²) in [6.45, 7) is -0.0617. The summed E-state index contributed by atoms with van der Waals surface area (Å²) >= 11 is 3.05. The monoisotopic (exact) mass is 363 g/mol. The van der Waals surface area contributed by atoms with Crippen LogP contribution < -0.4 is 4.72 Å². The van der Waals surface area contributed by atoms with Crippen molar-refractivity contribution < 1.29 is 23.4 Å². The van der Waals surface area contributed by atoms with Crippen molar-refractivity contribution in [2.45, 2.75) is 29.8 Å². The van der Waals surface area contributed by atoms with E-state index in [0.29, 0.717) is 17.3 Å². The van der Waals surface area contributed by atoms with Gasteiger partial charge in [0.05, 0.1) is 16.1 Å². The third-order valence-corrected chi connectivity index (χ3v) is 5.44. The Morgan fingerprint density at radius 3 is 2.55 bits per heavy atom. The number of hydrogen-bond acceptors (Lipinski definition) is 4. The maximum Gasteiger partial charge on any atom is 0.336 e. The highest BCUT2D eigenvalue weighted by molar-refractivity contribution is 9.10. The first-order valence-corrected chi connectivity index (χ1v) is 8.26. The van der Waals surface area contributed by atoms with E-state index < -0.39 is 21.6 Å². The maximum atomic E-state index is 12.1. The van der Waals surface area contributed by atoms with Crippen LogP contribution in [0.4, 0.5) is 0 Å². The summed E-state index contributed by atoms with van der Waals surface area (Å²) in [7, 11) is -3.84. The minimum absolute atomic E-state index is 0.0617. The first kappa shape index (κ1) is 15.4. The van der Waals surface area contributed by atoms with E-state index in [1.54, 1.807) is 0 Å². The fourth-order valence-electron chi connectivity index (χ4n) is 1.91. The lowest BCUT2D eigenvalue weighted by Crippen LogP contribution is -2.47. The van der Waals surface area contributed by atoms with Gasteiger partial charge in [-0.1, -0.05) is 0 Å². The molecule has 1 aliphatic carbocycles. The molecule has 0 heterocycles. The minimum Gasteiger partial charge on any atom is -0.478 e. The van der Waals surface area contributed by atoms with Crippen LogP contribution in [0.2, 0.25) is 0 Å². The number of aliphatic hydroxyl groups is 1. The Morgan fingerprint density at radius 1 is 1.40 bits per heavy atom. The fourth-order valence-corrected chi connectivity index (χ4v) is 3.47. The molecule has 20 heavy (non-hydrogen) atoms. The Kier molecular flexibility index (Phi) is 4.19. The summed E-state index contributed by atoms with van der Waals surface area (Å²) in [5.41, 5.74) is -1.10. The average molecular weight is 364 g/mol. The molecule has 0 aromatic heterocycles. The molecule has 1 aliphatic rings. The number of halogens is 1. The van der Waals surface area contributed by atoms with Gasteiger partial charge in [0.15, 0.2) is 0 Å². The smallest absolute Gasteiger partial charge is 0.336 e. The first-order valence-electron chi connectivity index (χ1n) is 5.98. The van der Waals surface area contributed by atoms with Gasteiger partial charge in [0, 0.05) is 11.0 Å². The van der Waals surface area contributed by atoms with Crippen molar-refractivity contribution in [1.82, 2.24) is 4.72 Å². The van der Waals surface area contributed by atoms with Crippen LogP contribution >= 0.6 is 15.9 Å². The van der Waals surface area contributed by atoms with E-state index in [4.69, 9.17) is 5.11 Å². The molecule has 110 valence electrons. The molecule has 0 bridgehead atoms. The van der Waals surface area contributed by atoms with E-state index in [-0.39, 0.29) is 17.0 Å². The first-order chi connectivity index (χ1) is 9.23. The molecule has 1 aromatic carbocycles. The summed E-state index contributed by atoms with van der Waals surface area (Å²) in [4.78, 5) is 10.9. The van der Waals surface area contributed by atoms with Crippen LogP contribution in [-0.2, 0) is 10.0 Å². The number of carboxylic acid groups (broad SMARTS) is 1. The molecule has 2 rings (SSSR count). The van der Waals surface area contributed by atoms with Crippen LogP contribution in [0.15, 0.2) is 27.6 Å². The van der Waals surface area contributed by atoms with Gasteiger partial charge in [-0.25, -0.2) is 17.9 Å². The highest BCUT2D eigenvalue weighted by Crippen LogP contribution is 2.31. The number of nitrogens with one attached hydrogen (secondary N) is 1. The summed E-state index contributed by atoms with van der Waals surface area (Å²) in [5, 5.41) is 18.9. The Morgan fingerprint density at radius 2 is 2.05 bits per heavy atom. The number of benzene rings is 1. The molecule has 0 aliphatic heterocycles. The van der Waals surface area contributed by atoms with Gasteiger partial charge < -0.3 is 10.2 Å². The second-order valence-corrected chi connectivity index (χ2v) is 7.47. The van der Waals surface area contributed by atoms with E-state index in [2.05, 4.69) is 20.7 Å². The molecular formula is C12H14BrNO5S. The molecule has 0 radical (unpaired) electrons. The van der Waals surface area contributed by atoms with Gasteiger partial charge in [0.25, 0.3) is 0 Å². The average Bonchev–Trinajstić information content (AvgIpc) is 2.34. The van der Waals surface area contributed by atoms with E-state index >= 15 is 0 Å². The molecule has 0 saturated heterocycles. The fraction of sp³-hybridized carbons (Fsp3) is 0.417. The normalized spacial score (nSPS) is 17.5. The number of carboxylic acids is 1. The van der Waals surface area contributed by atoms with Gasteiger partial charge in [-0.15, -0.1) is 0 Å². The molecule has 6 nitrogen and oxygen atoms in total. The Labute approximate surface area is 125 Å². The third kappa shape index (κ3) is 3.20. The molecule has 3 N–H and O–H groups in total. The van der Waals surface area contributed by atoms with Crippen LogP contribution in [-0.4, -0.2) is 36.7 Å². The molecule has 1 aromatic rings. The SMILES string of the molecule is O=C(O)c1cc(S(=O)(=O)NCC2(O)CCC2)ccc1Br. The lowest BCUT2D eigenvalue weighted by atomic mass is 9.81. The van der Waals surface area contributed by atoms with E-state index in [9.17, 15) is 18.3 Å². The van der Waals surface area contributed by atoms with Gasteiger partial charge in [-0.2, -0.15) is 0 Å². The third-order valence-electron chi connectivity index (χ3n) is 3.35. The quantitative estimate of drug-likeness (QED) is 0.732.